The summed E-state index contributed by atoms with van der Waals surface area (Å²) >= 11 is 0. The van der Waals surface area contributed by atoms with Gasteiger partial charge in [0.25, 0.3) is 5.91 Å². The number of rotatable bonds is 2. The SMILES string of the molecule is CC1c2ccccc2CCN1C(=O)c1cc(-c2cncnc2)n2nccc2n1. The first-order chi connectivity index (χ1) is 13.7. The second-order valence-electron chi connectivity index (χ2n) is 6.88. The van der Waals surface area contributed by atoms with E-state index >= 15 is 0 Å². The minimum absolute atomic E-state index is 0.00361. The number of aromatic nitrogens is 5. The van der Waals surface area contributed by atoms with E-state index in [9.17, 15) is 4.79 Å². The van der Waals surface area contributed by atoms with Crippen LogP contribution in [0.25, 0.3) is 16.9 Å². The van der Waals surface area contributed by atoms with E-state index in [2.05, 4.69) is 39.1 Å². The molecule has 4 heterocycles. The molecule has 1 unspecified atom stereocenters. The molecule has 7 heteroatoms. The largest absolute Gasteiger partial charge is 0.330 e. The Morgan fingerprint density at radius 1 is 1.14 bits per heavy atom. The third-order valence-electron chi connectivity index (χ3n) is 5.29. The van der Waals surface area contributed by atoms with Crippen molar-refractivity contribution in [2.45, 2.75) is 19.4 Å². The number of amides is 1. The van der Waals surface area contributed by atoms with Crippen LogP contribution in [0.3, 0.4) is 0 Å². The Hall–Kier alpha value is -3.61. The van der Waals surface area contributed by atoms with E-state index in [0.717, 1.165) is 17.7 Å². The minimum Gasteiger partial charge on any atom is -0.330 e. The summed E-state index contributed by atoms with van der Waals surface area (Å²) in [7, 11) is 0. The maximum atomic E-state index is 13.4. The molecule has 0 radical (unpaired) electrons. The Bertz CT molecular complexity index is 1170. The van der Waals surface area contributed by atoms with Crippen molar-refractivity contribution in [1.82, 2.24) is 29.5 Å². The average Bonchev–Trinajstić information content (AvgIpc) is 3.22. The average molecular weight is 370 g/mol. The van der Waals surface area contributed by atoms with Gasteiger partial charge in [-0.3, -0.25) is 4.79 Å². The van der Waals surface area contributed by atoms with Gasteiger partial charge < -0.3 is 4.90 Å². The monoisotopic (exact) mass is 370 g/mol. The number of hydrogen-bond donors (Lipinski definition) is 0. The quantitative estimate of drug-likeness (QED) is 0.542. The molecule has 0 fully saturated rings. The number of fused-ring (bicyclic) bond motifs is 2. The van der Waals surface area contributed by atoms with E-state index in [4.69, 9.17) is 0 Å². The van der Waals surface area contributed by atoms with E-state index in [1.54, 1.807) is 35.2 Å². The van der Waals surface area contributed by atoms with Crippen molar-refractivity contribution in [2.24, 2.45) is 0 Å². The second kappa shape index (κ2) is 6.53. The predicted molar refractivity (Wildman–Crippen MR) is 104 cm³/mol. The van der Waals surface area contributed by atoms with E-state index in [0.29, 0.717) is 17.9 Å². The van der Waals surface area contributed by atoms with Gasteiger partial charge in [-0.25, -0.2) is 19.5 Å². The van der Waals surface area contributed by atoms with Gasteiger partial charge in [-0.1, -0.05) is 24.3 Å². The topological polar surface area (TPSA) is 76.3 Å². The lowest BCUT2D eigenvalue weighted by atomic mass is 9.93. The van der Waals surface area contributed by atoms with E-state index in [1.807, 2.05) is 17.0 Å². The van der Waals surface area contributed by atoms with Crippen LogP contribution in [0, 0.1) is 0 Å². The van der Waals surface area contributed by atoms with Gasteiger partial charge in [0, 0.05) is 30.6 Å². The smallest absolute Gasteiger partial charge is 0.273 e. The summed E-state index contributed by atoms with van der Waals surface area (Å²) in [4.78, 5) is 28.0. The normalized spacial score (nSPS) is 16.2. The molecule has 5 rings (SSSR count). The summed E-state index contributed by atoms with van der Waals surface area (Å²) in [5.41, 5.74) is 5.05. The molecule has 1 aliphatic rings. The summed E-state index contributed by atoms with van der Waals surface area (Å²) in [5.74, 6) is -0.0798. The highest BCUT2D eigenvalue weighted by atomic mass is 16.2. The van der Waals surface area contributed by atoms with Crippen LogP contribution in [0.4, 0.5) is 0 Å². The standard InChI is InChI=1S/C21H18N6O/c1-14-17-5-3-2-4-15(17)7-9-26(14)21(28)18-10-19(16-11-22-13-23-12-16)27-20(25-18)6-8-24-27/h2-6,8,10-14H,7,9H2,1H3. The lowest BCUT2D eigenvalue weighted by molar-refractivity contribution is 0.0672. The molecule has 4 aromatic rings. The molecule has 0 saturated carbocycles. The summed E-state index contributed by atoms with van der Waals surface area (Å²) in [6.45, 7) is 2.74. The van der Waals surface area contributed by atoms with Crippen LogP contribution in [0.2, 0.25) is 0 Å². The number of hydrogen-bond acceptors (Lipinski definition) is 5. The first-order valence-corrected chi connectivity index (χ1v) is 9.21. The predicted octanol–water partition coefficient (Wildman–Crippen LogP) is 2.95. The highest BCUT2D eigenvalue weighted by molar-refractivity contribution is 5.94. The zero-order valence-electron chi connectivity index (χ0n) is 15.4. The highest BCUT2D eigenvalue weighted by Crippen LogP contribution is 2.30. The van der Waals surface area contributed by atoms with Gasteiger partial charge in [0.2, 0.25) is 0 Å². The third-order valence-corrected chi connectivity index (χ3v) is 5.29. The van der Waals surface area contributed by atoms with Crippen LogP contribution in [0.1, 0.15) is 34.6 Å². The van der Waals surface area contributed by atoms with Gasteiger partial charge in [0.15, 0.2) is 5.65 Å². The number of nitrogens with zero attached hydrogens (tertiary/aromatic N) is 6. The fourth-order valence-corrected chi connectivity index (χ4v) is 3.86. The van der Waals surface area contributed by atoms with E-state index in [-0.39, 0.29) is 11.9 Å². The molecule has 7 nitrogen and oxygen atoms in total. The fourth-order valence-electron chi connectivity index (χ4n) is 3.86. The van der Waals surface area contributed by atoms with Crippen molar-refractivity contribution in [3.8, 4) is 11.3 Å². The van der Waals surface area contributed by atoms with Crippen LogP contribution in [0.15, 0.2) is 61.3 Å². The molecule has 0 N–H and O–H groups in total. The van der Waals surface area contributed by atoms with Gasteiger partial charge in [-0.05, 0) is 30.5 Å². The maximum Gasteiger partial charge on any atom is 0.273 e. The van der Waals surface area contributed by atoms with Crippen LogP contribution in [-0.4, -0.2) is 41.9 Å². The van der Waals surface area contributed by atoms with Gasteiger partial charge in [-0.15, -0.1) is 0 Å². The Kier molecular flexibility index (Phi) is 3.86. The molecule has 3 aromatic heterocycles. The lowest BCUT2D eigenvalue weighted by Gasteiger charge is -2.35. The Balaban J connectivity index is 1.57. The maximum absolute atomic E-state index is 13.4. The number of carbonyl (C=O) groups is 1. The first kappa shape index (κ1) is 16.6. The Morgan fingerprint density at radius 3 is 2.82 bits per heavy atom. The minimum atomic E-state index is -0.0798. The van der Waals surface area contributed by atoms with Crippen molar-refractivity contribution in [2.75, 3.05) is 6.54 Å². The summed E-state index contributed by atoms with van der Waals surface area (Å²) in [6, 6.07) is 11.9. The second-order valence-corrected chi connectivity index (χ2v) is 6.88. The molecule has 1 amide bonds. The van der Waals surface area contributed by atoms with Crippen molar-refractivity contribution in [1.29, 1.82) is 0 Å². The molecule has 1 atom stereocenters. The van der Waals surface area contributed by atoms with Crippen molar-refractivity contribution < 1.29 is 4.79 Å². The van der Waals surface area contributed by atoms with Gasteiger partial charge in [0.05, 0.1) is 17.9 Å². The molecule has 0 saturated heterocycles. The van der Waals surface area contributed by atoms with Crippen molar-refractivity contribution in [3.63, 3.8) is 0 Å². The Labute approximate surface area is 161 Å². The van der Waals surface area contributed by atoms with E-state index in [1.165, 1.54) is 17.5 Å². The van der Waals surface area contributed by atoms with Gasteiger partial charge in [0.1, 0.15) is 12.0 Å². The molecule has 1 aliphatic heterocycles. The number of benzene rings is 1. The molecular weight excluding hydrogens is 352 g/mol. The van der Waals surface area contributed by atoms with Crippen LogP contribution >= 0.6 is 0 Å². The summed E-state index contributed by atoms with van der Waals surface area (Å²) in [5, 5.41) is 4.33. The fraction of sp³-hybridized carbons (Fsp3) is 0.190. The van der Waals surface area contributed by atoms with E-state index < -0.39 is 0 Å². The molecule has 28 heavy (non-hydrogen) atoms. The lowest BCUT2D eigenvalue weighted by Crippen LogP contribution is -2.39. The van der Waals surface area contributed by atoms with Crippen LogP contribution in [0.5, 0.6) is 0 Å². The molecule has 0 spiro atoms. The van der Waals surface area contributed by atoms with Gasteiger partial charge >= 0.3 is 0 Å². The highest BCUT2D eigenvalue weighted by Gasteiger charge is 2.29. The molecule has 1 aromatic carbocycles. The van der Waals surface area contributed by atoms with Crippen molar-refractivity contribution in [3.05, 3.63) is 78.1 Å². The number of carbonyl (C=O) groups excluding carboxylic acids is 1. The Morgan fingerprint density at radius 2 is 1.96 bits per heavy atom. The zero-order chi connectivity index (χ0) is 19.1. The summed E-state index contributed by atoms with van der Waals surface area (Å²) in [6.07, 6.45) is 7.41. The zero-order valence-corrected chi connectivity index (χ0v) is 15.4. The molecule has 138 valence electrons. The third kappa shape index (κ3) is 2.63. The molecular formula is C21H18N6O. The summed E-state index contributed by atoms with van der Waals surface area (Å²) < 4.78 is 1.70. The van der Waals surface area contributed by atoms with Gasteiger partial charge in [-0.2, -0.15) is 5.10 Å². The molecule has 0 aliphatic carbocycles. The molecule has 0 bridgehead atoms. The van der Waals surface area contributed by atoms with Crippen molar-refractivity contribution >= 4 is 11.6 Å². The van der Waals surface area contributed by atoms with Crippen LogP contribution < -0.4 is 0 Å². The van der Waals surface area contributed by atoms with Crippen LogP contribution in [-0.2, 0) is 6.42 Å². The first-order valence-electron chi connectivity index (χ1n) is 9.21.